The van der Waals surface area contributed by atoms with E-state index in [2.05, 4.69) is 37.3 Å². The number of para-hydroxylation sites is 1. The van der Waals surface area contributed by atoms with Gasteiger partial charge in [0.2, 0.25) is 0 Å². The Labute approximate surface area is 238 Å². The monoisotopic (exact) mass is 562 g/mol. The zero-order valence-electron chi connectivity index (χ0n) is 23.1. The third-order valence-electron chi connectivity index (χ3n) is 7.90. The minimum Gasteiger partial charge on any atom is -0.491 e. The van der Waals surface area contributed by atoms with Crippen molar-refractivity contribution in [2.45, 2.75) is 64.1 Å². The number of carboxylic acids is 1. The highest BCUT2D eigenvalue weighted by Crippen LogP contribution is 2.38. The molecule has 0 bridgehead atoms. The lowest BCUT2D eigenvalue weighted by atomic mass is 9.91. The minimum atomic E-state index is -0.880. The molecule has 2 fully saturated rings. The molecule has 3 aromatic rings. The number of aliphatic carboxylic acids is 1. The molecule has 6 rings (SSSR count). The van der Waals surface area contributed by atoms with Crippen molar-refractivity contribution in [3.8, 4) is 22.6 Å². The number of hydrogen-bond donors (Lipinski definition) is 2. The van der Waals surface area contributed by atoms with Gasteiger partial charge in [0.25, 0.3) is 0 Å². The number of ether oxygens (including phenoxy) is 2. The Balaban J connectivity index is 0.000000477. The lowest BCUT2D eigenvalue weighted by molar-refractivity contribution is -0.138. The van der Waals surface area contributed by atoms with Crippen LogP contribution in [0.25, 0.3) is 11.1 Å². The predicted molar refractivity (Wildman–Crippen MR) is 157 cm³/mol. The Morgan fingerprint density at radius 3 is 2.35 bits per heavy atom. The first-order chi connectivity index (χ1) is 19.3. The van der Waals surface area contributed by atoms with Gasteiger partial charge in [-0.15, -0.1) is 0 Å². The summed E-state index contributed by atoms with van der Waals surface area (Å²) in [5.74, 6) is 2.18. The van der Waals surface area contributed by atoms with Gasteiger partial charge in [-0.3, -0.25) is 9.00 Å². The summed E-state index contributed by atoms with van der Waals surface area (Å²) in [7, 11) is -0.803. The van der Waals surface area contributed by atoms with Gasteiger partial charge in [-0.25, -0.2) is 0 Å². The molecule has 212 valence electrons. The molecule has 1 aliphatic heterocycles. The molecule has 0 atom stereocenters. The van der Waals surface area contributed by atoms with Crippen LogP contribution in [0.1, 0.15) is 54.4 Å². The lowest BCUT2D eigenvalue weighted by Crippen LogP contribution is -2.42. The molecule has 1 heterocycles. The molecule has 0 unspecified atom stereocenters. The maximum atomic E-state index is 11.7. The largest absolute Gasteiger partial charge is 0.491 e. The van der Waals surface area contributed by atoms with E-state index in [0.717, 1.165) is 49.2 Å². The van der Waals surface area contributed by atoms with Crippen molar-refractivity contribution < 1.29 is 28.7 Å². The molecule has 1 saturated carbocycles. The van der Waals surface area contributed by atoms with Crippen molar-refractivity contribution in [1.82, 2.24) is 0 Å². The van der Waals surface area contributed by atoms with E-state index in [1.54, 1.807) is 0 Å². The molecule has 2 N–H and O–H groups in total. The number of carboxylic acid groups (broad SMARTS) is 1. The van der Waals surface area contributed by atoms with E-state index in [-0.39, 0.29) is 12.5 Å². The number of benzene rings is 3. The summed E-state index contributed by atoms with van der Waals surface area (Å²) in [6, 6.07) is 20.9. The van der Waals surface area contributed by atoms with E-state index >= 15 is 0 Å². The quantitative estimate of drug-likeness (QED) is 0.375. The molecule has 0 spiro atoms. The van der Waals surface area contributed by atoms with Gasteiger partial charge >= 0.3 is 5.97 Å². The second-order valence-electron chi connectivity index (χ2n) is 11.2. The summed E-state index contributed by atoms with van der Waals surface area (Å²) < 4.78 is 23.7. The maximum Gasteiger partial charge on any atom is 0.306 e. The fourth-order valence-electron chi connectivity index (χ4n) is 5.33. The van der Waals surface area contributed by atoms with Crippen molar-refractivity contribution in [2.24, 2.45) is 5.92 Å². The van der Waals surface area contributed by atoms with Gasteiger partial charge in [-0.05, 0) is 116 Å². The van der Waals surface area contributed by atoms with Crippen LogP contribution in [0.5, 0.6) is 11.5 Å². The minimum absolute atomic E-state index is 0.0185. The van der Waals surface area contributed by atoms with Crippen molar-refractivity contribution in [1.29, 1.82) is 0 Å². The number of carbonyl (C=O) groups is 1. The van der Waals surface area contributed by atoms with Crippen LogP contribution in [0.3, 0.4) is 0 Å². The molecular weight excluding hydrogens is 524 g/mol. The summed E-state index contributed by atoms with van der Waals surface area (Å²) in [6.45, 7) is 2.93. The molecular formula is C33H38O6S. The highest BCUT2D eigenvalue weighted by atomic mass is 32.2. The Morgan fingerprint density at radius 2 is 1.68 bits per heavy atom. The maximum absolute atomic E-state index is 11.7. The number of fused-ring (bicyclic) bond motifs is 3. The van der Waals surface area contributed by atoms with E-state index in [0.29, 0.717) is 31.0 Å². The SMILES string of the molecule is Cc1cc(OCC2(O)CCS(=O)CC2)cc2c1-c1cc(COc3ccccc3)ccc1CCC2.O=C(O)C1CC1. The fraction of sp³-hybridized carbons (Fsp3) is 0.424. The van der Waals surface area contributed by atoms with E-state index in [1.165, 1.54) is 27.8 Å². The zero-order valence-corrected chi connectivity index (χ0v) is 23.9. The Hall–Kier alpha value is -3.16. The third-order valence-corrected chi connectivity index (χ3v) is 9.22. The van der Waals surface area contributed by atoms with Crippen molar-refractivity contribution >= 4 is 16.8 Å². The fourth-order valence-corrected chi connectivity index (χ4v) is 6.75. The van der Waals surface area contributed by atoms with Crippen LogP contribution < -0.4 is 9.47 Å². The van der Waals surface area contributed by atoms with E-state index in [9.17, 15) is 14.1 Å². The number of rotatable bonds is 7. The first-order valence-corrected chi connectivity index (χ1v) is 15.6. The van der Waals surface area contributed by atoms with Crippen molar-refractivity contribution in [3.05, 3.63) is 82.9 Å². The number of aliphatic hydroxyl groups is 1. The molecule has 3 aromatic carbocycles. The van der Waals surface area contributed by atoms with Gasteiger partial charge < -0.3 is 19.7 Å². The van der Waals surface area contributed by atoms with Crippen LogP contribution in [0.2, 0.25) is 0 Å². The molecule has 0 aromatic heterocycles. The normalized spacial score (nSPS) is 21.6. The highest BCUT2D eigenvalue weighted by Gasteiger charge is 2.33. The average molecular weight is 563 g/mol. The third kappa shape index (κ3) is 7.32. The van der Waals surface area contributed by atoms with Crippen LogP contribution in [-0.4, -0.2) is 44.1 Å². The van der Waals surface area contributed by atoms with Gasteiger partial charge in [0.15, 0.2) is 0 Å². The topological polar surface area (TPSA) is 93.1 Å². The number of hydrogen-bond acceptors (Lipinski definition) is 5. The van der Waals surface area contributed by atoms with Gasteiger partial charge in [-0.1, -0.05) is 30.3 Å². The van der Waals surface area contributed by atoms with E-state index < -0.39 is 22.4 Å². The van der Waals surface area contributed by atoms with Crippen LogP contribution in [0.4, 0.5) is 0 Å². The van der Waals surface area contributed by atoms with E-state index in [1.807, 2.05) is 30.3 Å². The van der Waals surface area contributed by atoms with Crippen molar-refractivity contribution in [2.75, 3.05) is 18.1 Å². The highest BCUT2D eigenvalue weighted by molar-refractivity contribution is 7.85. The first kappa shape index (κ1) is 28.4. The second-order valence-corrected chi connectivity index (χ2v) is 12.9. The lowest BCUT2D eigenvalue weighted by Gasteiger charge is -2.31. The molecule has 6 nitrogen and oxygen atoms in total. The van der Waals surface area contributed by atoms with Gasteiger partial charge in [0, 0.05) is 22.3 Å². The zero-order chi connectivity index (χ0) is 28.1. The molecule has 40 heavy (non-hydrogen) atoms. The molecule has 7 heteroatoms. The predicted octanol–water partition coefficient (Wildman–Crippen LogP) is 5.86. The smallest absolute Gasteiger partial charge is 0.306 e. The van der Waals surface area contributed by atoms with Crippen LogP contribution in [0.15, 0.2) is 60.7 Å². The average Bonchev–Trinajstić information content (AvgIpc) is 3.81. The Morgan fingerprint density at radius 1 is 0.950 bits per heavy atom. The molecule has 1 saturated heterocycles. The van der Waals surface area contributed by atoms with Gasteiger partial charge in [0.05, 0.1) is 5.92 Å². The second kappa shape index (κ2) is 12.6. The van der Waals surface area contributed by atoms with Crippen LogP contribution in [-0.2, 0) is 35.0 Å². The molecule has 3 aliphatic rings. The summed E-state index contributed by atoms with van der Waals surface area (Å²) >= 11 is 0. The molecule has 0 amide bonds. The summed E-state index contributed by atoms with van der Waals surface area (Å²) in [5.41, 5.74) is 6.73. The Bertz CT molecular complexity index is 1350. The van der Waals surface area contributed by atoms with Crippen LogP contribution >= 0.6 is 0 Å². The first-order valence-electron chi connectivity index (χ1n) is 14.2. The van der Waals surface area contributed by atoms with Gasteiger partial charge in [-0.2, -0.15) is 0 Å². The summed E-state index contributed by atoms with van der Waals surface area (Å²) in [6.07, 6.45) is 6.01. The van der Waals surface area contributed by atoms with Crippen LogP contribution in [0, 0.1) is 12.8 Å². The summed E-state index contributed by atoms with van der Waals surface area (Å²) in [4.78, 5) is 9.76. The summed E-state index contributed by atoms with van der Waals surface area (Å²) in [5, 5.41) is 18.9. The van der Waals surface area contributed by atoms with E-state index in [4.69, 9.17) is 14.6 Å². The molecule has 2 aliphatic carbocycles. The number of aryl methyl sites for hydroxylation is 3. The standard InChI is InChI=1S/C29H32O4S.C4H6O2/c1-21-16-26(33-20-29(30)12-14-34(31)15-13-29)18-24-7-5-6-23-11-10-22(17-27(23)28(21)24)19-32-25-8-3-2-4-9-25;5-4(6)3-1-2-3/h2-4,8-11,16-18,30H,5-7,12-15,19-20H2,1H3;3H,1-2H2,(H,5,6). The van der Waals surface area contributed by atoms with Crippen molar-refractivity contribution in [3.63, 3.8) is 0 Å². The van der Waals surface area contributed by atoms with Gasteiger partial charge in [0.1, 0.15) is 30.3 Å². The Kier molecular flexibility index (Phi) is 8.91. The molecule has 0 radical (unpaired) electrons.